The SMILES string of the molecule is CCc1cc2c(Oc3cc(Br)ccc3C)nc(N)nc2s1. The first-order valence-corrected chi connectivity index (χ1v) is 8.17. The lowest BCUT2D eigenvalue weighted by Gasteiger charge is -2.09. The molecule has 0 aliphatic rings. The first kappa shape index (κ1) is 14.3. The monoisotopic (exact) mass is 363 g/mol. The molecule has 0 saturated carbocycles. The van der Waals surface area contributed by atoms with Crippen LogP contribution in [0, 0.1) is 6.92 Å². The summed E-state index contributed by atoms with van der Waals surface area (Å²) in [5.74, 6) is 1.50. The molecule has 0 bridgehead atoms. The Balaban J connectivity index is 2.11. The van der Waals surface area contributed by atoms with Crippen LogP contribution in [0.1, 0.15) is 17.4 Å². The number of rotatable bonds is 3. The first-order chi connectivity index (χ1) is 10.1. The average molecular weight is 364 g/mol. The third kappa shape index (κ3) is 2.87. The van der Waals surface area contributed by atoms with Gasteiger partial charge in [0.1, 0.15) is 10.6 Å². The lowest BCUT2D eigenvalue weighted by Crippen LogP contribution is -1.98. The molecule has 0 amide bonds. The number of nitrogens with two attached hydrogens (primary N) is 1. The van der Waals surface area contributed by atoms with Crippen LogP contribution in [0.3, 0.4) is 0 Å². The summed E-state index contributed by atoms with van der Waals surface area (Å²) in [6.07, 6.45) is 0.955. The van der Waals surface area contributed by atoms with Crippen LogP contribution in [0.15, 0.2) is 28.7 Å². The van der Waals surface area contributed by atoms with Crippen LogP contribution < -0.4 is 10.5 Å². The van der Waals surface area contributed by atoms with E-state index in [1.54, 1.807) is 11.3 Å². The predicted octanol–water partition coefficient (Wildman–Crippen LogP) is 4.70. The van der Waals surface area contributed by atoms with Gasteiger partial charge in [-0.2, -0.15) is 4.98 Å². The molecule has 2 heterocycles. The van der Waals surface area contributed by atoms with Crippen LogP contribution >= 0.6 is 27.3 Å². The highest BCUT2D eigenvalue weighted by Gasteiger charge is 2.13. The number of nitrogens with zero attached hydrogens (tertiary/aromatic N) is 2. The van der Waals surface area contributed by atoms with Gasteiger partial charge in [-0.3, -0.25) is 0 Å². The van der Waals surface area contributed by atoms with Gasteiger partial charge in [0.15, 0.2) is 0 Å². The van der Waals surface area contributed by atoms with Crippen molar-refractivity contribution >= 4 is 43.4 Å². The molecule has 2 N–H and O–H groups in total. The van der Waals surface area contributed by atoms with Gasteiger partial charge in [0.2, 0.25) is 11.8 Å². The van der Waals surface area contributed by atoms with Crippen molar-refractivity contribution in [3.63, 3.8) is 0 Å². The topological polar surface area (TPSA) is 61.0 Å². The van der Waals surface area contributed by atoms with Crippen molar-refractivity contribution in [1.29, 1.82) is 0 Å². The highest BCUT2D eigenvalue weighted by Crippen LogP contribution is 2.35. The van der Waals surface area contributed by atoms with Crippen LogP contribution in [-0.4, -0.2) is 9.97 Å². The van der Waals surface area contributed by atoms with Crippen molar-refractivity contribution in [2.24, 2.45) is 0 Å². The number of fused-ring (bicyclic) bond motifs is 1. The summed E-state index contributed by atoms with van der Waals surface area (Å²) in [5, 5.41) is 0.908. The summed E-state index contributed by atoms with van der Waals surface area (Å²) in [7, 11) is 0. The molecule has 21 heavy (non-hydrogen) atoms. The summed E-state index contributed by atoms with van der Waals surface area (Å²) >= 11 is 5.08. The maximum absolute atomic E-state index is 5.99. The van der Waals surface area contributed by atoms with E-state index in [-0.39, 0.29) is 5.95 Å². The van der Waals surface area contributed by atoms with E-state index in [0.717, 1.165) is 32.4 Å². The van der Waals surface area contributed by atoms with Crippen molar-refractivity contribution < 1.29 is 4.74 Å². The average Bonchev–Trinajstić information content (AvgIpc) is 2.86. The lowest BCUT2D eigenvalue weighted by molar-refractivity contribution is 0.465. The first-order valence-electron chi connectivity index (χ1n) is 6.56. The van der Waals surface area contributed by atoms with E-state index in [2.05, 4.69) is 38.9 Å². The number of thiophene rings is 1. The Bertz CT molecular complexity index is 816. The Kier molecular flexibility index (Phi) is 3.82. The summed E-state index contributed by atoms with van der Waals surface area (Å²) in [4.78, 5) is 10.6. The van der Waals surface area contributed by atoms with Gasteiger partial charge in [-0.05, 0) is 37.1 Å². The lowest BCUT2D eigenvalue weighted by atomic mass is 10.2. The second-order valence-electron chi connectivity index (χ2n) is 4.68. The van der Waals surface area contributed by atoms with E-state index >= 15 is 0 Å². The highest BCUT2D eigenvalue weighted by molar-refractivity contribution is 9.10. The van der Waals surface area contributed by atoms with Crippen molar-refractivity contribution in [2.45, 2.75) is 20.3 Å². The minimum atomic E-state index is 0.231. The van der Waals surface area contributed by atoms with Crippen LogP contribution in [-0.2, 0) is 6.42 Å². The Morgan fingerprint density at radius 2 is 2.10 bits per heavy atom. The largest absolute Gasteiger partial charge is 0.438 e. The fourth-order valence-corrected chi connectivity index (χ4v) is 3.31. The van der Waals surface area contributed by atoms with Crippen molar-refractivity contribution in [1.82, 2.24) is 9.97 Å². The quantitative estimate of drug-likeness (QED) is 0.732. The van der Waals surface area contributed by atoms with Crippen LogP contribution in [0.25, 0.3) is 10.2 Å². The second-order valence-corrected chi connectivity index (χ2v) is 6.71. The fourth-order valence-electron chi connectivity index (χ4n) is 2.00. The summed E-state index contributed by atoms with van der Waals surface area (Å²) < 4.78 is 6.95. The molecular formula is C15H14BrN3OS. The summed E-state index contributed by atoms with van der Waals surface area (Å²) in [5.41, 5.74) is 6.83. The van der Waals surface area contributed by atoms with Gasteiger partial charge in [0, 0.05) is 9.35 Å². The molecule has 1 aromatic carbocycles. The van der Waals surface area contributed by atoms with Crippen LogP contribution in [0.2, 0.25) is 0 Å². The molecule has 0 aliphatic carbocycles. The molecule has 4 nitrogen and oxygen atoms in total. The van der Waals surface area contributed by atoms with Gasteiger partial charge in [-0.1, -0.05) is 28.9 Å². The van der Waals surface area contributed by atoms with Gasteiger partial charge >= 0.3 is 0 Å². The normalized spacial score (nSPS) is 11.0. The van der Waals surface area contributed by atoms with Gasteiger partial charge in [0.05, 0.1) is 5.39 Å². The number of hydrogen-bond acceptors (Lipinski definition) is 5. The molecule has 3 rings (SSSR count). The zero-order chi connectivity index (χ0) is 15.0. The maximum atomic E-state index is 5.99. The molecule has 0 aliphatic heterocycles. The minimum absolute atomic E-state index is 0.231. The molecule has 0 saturated heterocycles. The maximum Gasteiger partial charge on any atom is 0.232 e. The number of ether oxygens (including phenoxy) is 1. The second kappa shape index (κ2) is 5.61. The molecule has 0 radical (unpaired) electrons. The Morgan fingerprint density at radius 1 is 1.29 bits per heavy atom. The Hall–Kier alpha value is -1.66. The number of hydrogen-bond donors (Lipinski definition) is 1. The smallest absolute Gasteiger partial charge is 0.232 e. The number of halogens is 1. The predicted molar refractivity (Wildman–Crippen MR) is 90.2 cm³/mol. The molecule has 2 aromatic heterocycles. The zero-order valence-corrected chi connectivity index (χ0v) is 14.1. The molecule has 0 spiro atoms. The number of nitrogen functional groups attached to an aromatic ring is 1. The van der Waals surface area contributed by atoms with Crippen molar-refractivity contribution in [3.05, 3.63) is 39.2 Å². The number of benzene rings is 1. The van der Waals surface area contributed by atoms with E-state index in [4.69, 9.17) is 10.5 Å². The van der Waals surface area contributed by atoms with Crippen molar-refractivity contribution in [3.8, 4) is 11.6 Å². The number of anilines is 1. The number of aromatic nitrogens is 2. The fraction of sp³-hybridized carbons (Fsp3) is 0.200. The third-order valence-corrected chi connectivity index (χ3v) is 4.80. The Labute approximate surface area is 135 Å². The summed E-state index contributed by atoms with van der Waals surface area (Å²) in [6, 6.07) is 7.97. The molecular weight excluding hydrogens is 350 g/mol. The van der Waals surface area contributed by atoms with Gasteiger partial charge < -0.3 is 10.5 Å². The zero-order valence-electron chi connectivity index (χ0n) is 11.7. The minimum Gasteiger partial charge on any atom is -0.438 e. The van der Waals surface area contributed by atoms with E-state index < -0.39 is 0 Å². The highest BCUT2D eigenvalue weighted by atomic mass is 79.9. The molecule has 0 fully saturated rings. The standard InChI is InChI=1S/C15H14BrN3OS/c1-3-10-7-11-13(18-15(17)19-14(11)21-10)20-12-6-9(16)5-4-8(12)2/h4-7H,3H2,1-2H3,(H2,17,18,19). The third-order valence-electron chi connectivity index (χ3n) is 3.13. The van der Waals surface area contributed by atoms with E-state index in [9.17, 15) is 0 Å². The van der Waals surface area contributed by atoms with Gasteiger partial charge in [-0.25, -0.2) is 4.98 Å². The van der Waals surface area contributed by atoms with E-state index in [0.29, 0.717) is 5.88 Å². The van der Waals surface area contributed by atoms with Crippen LogP contribution in [0.5, 0.6) is 11.6 Å². The van der Waals surface area contributed by atoms with Crippen molar-refractivity contribution in [2.75, 3.05) is 5.73 Å². The molecule has 3 aromatic rings. The summed E-state index contributed by atoms with van der Waals surface area (Å²) in [6.45, 7) is 4.11. The van der Waals surface area contributed by atoms with E-state index in [1.807, 2.05) is 25.1 Å². The van der Waals surface area contributed by atoms with E-state index in [1.165, 1.54) is 4.88 Å². The van der Waals surface area contributed by atoms with Gasteiger partial charge in [0.25, 0.3) is 0 Å². The Morgan fingerprint density at radius 3 is 2.86 bits per heavy atom. The molecule has 6 heteroatoms. The molecule has 0 atom stereocenters. The number of aryl methyl sites for hydroxylation is 2. The molecule has 108 valence electrons. The van der Waals surface area contributed by atoms with Gasteiger partial charge in [-0.15, -0.1) is 11.3 Å². The molecule has 0 unspecified atom stereocenters. The van der Waals surface area contributed by atoms with Crippen LogP contribution in [0.4, 0.5) is 5.95 Å².